The average Bonchev–Trinajstić information content (AvgIpc) is 3.34. The fraction of sp³-hybridized carbons (Fsp3) is 0.235. The highest BCUT2D eigenvalue weighted by Crippen LogP contribution is 2.35. The minimum Gasteiger partial charge on any atom is -0.387 e. The molecule has 1 aliphatic rings. The molecule has 1 saturated carbocycles. The van der Waals surface area contributed by atoms with Crippen molar-refractivity contribution in [3.63, 3.8) is 0 Å². The largest absolute Gasteiger partial charge is 0.387 e. The Morgan fingerprint density at radius 3 is 2.56 bits per heavy atom. The third kappa shape index (κ3) is 4.80. The number of carbonyl (C=O) groups excluding carboxylic acids is 1. The summed E-state index contributed by atoms with van der Waals surface area (Å²) in [6, 6.07) is 5.87. The molecule has 0 atom stereocenters. The van der Waals surface area contributed by atoms with Crippen molar-refractivity contribution in [2.24, 2.45) is 0 Å². The Hall–Kier alpha value is -1.20. The summed E-state index contributed by atoms with van der Waals surface area (Å²) in [4.78, 5) is 17.3. The van der Waals surface area contributed by atoms with Crippen LogP contribution in [-0.2, 0) is 4.84 Å². The second-order valence-corrected chi connectivity index (χ2v) is 8.16. The maximum absolute atomic E-state index is 14.5. The van der Waals surface area contributed by atoms with E-state index in [1.807, 2.05) is 22.6 Å². The molecule has 2 aromatic carbocycles. The van der Waals surface area contributed by atoms with E-state index >= 15 is 0 Å². The van der Waals surface area contributed by atoms with Crippen molar-refractivity contribution >= 4 is 63.1 Å². The van der Waals surface area contributed by atoms with Gasteiger partial charge in [-0.05, 0) is 59.7 Å². The van der Waals surface area contributed by atoms with Crippen LogP contribution in [0.2, 0.25) is 10.0 Å². The molecular weight excluding hydrogens is 516 g/mol. The first-order valence-corrected chi connectivity index (χ1v) is 9.58. The third-order valence-corrected chi connectivity index (χ3v) is 5.19. The number of carbonyl (C=O) groups is 1. The molecule has 0 unspecified atom stereocenters. The van der Waals surface area contributed by atoms with Gasteiger partial charge in [-0.1, -0.05) is 23.2 Å². The summed E-state index contributed by atoms with van der Waals surface area (Å²) in [5.74, 6) is -3.49. The molecule has 10 heteroatoms. The first kappa shape index (κ1) is 20.5. The van der Waals surface area contributed by atoms with Crippen LogP contribution in [0.1, 0.15) is 23.2 Å². The average molecular weight is 529 g/mol. The van der Waals surface area contributed by atoms with E-state index in [0.717, 1.165) is 9.64 Å². The van der Waals surface area contributed by atoms with Crippen LogP contribution in [-0.4, -0.2) is 23.2 Å². The van der Waals surface area contributed by atoms with Crippen molar-refractivity contribution in [1.29, 1.82) is 0 Å². The van der Waals surface area contributed by atoms with E-state index in [9.17, 15) is 18.7 Å². The predicted molar refractivity (Wildman–Crippen MR) is 106 cm³/mol. The molecule has 0 saturated heterocycles. The van der Waals surface area contributed by atoms with Crippen molar-refractivity contribution in [1.82, 2.24) is 5.48 Å². The highest BCUT2D eigenvalue weighted by Gasteiger charge is 2.41. The zero-order valence-electron chi connectivity index (χ0n) is 13.6. The van der Waals surface area contributed by atoms with Gasteiger partial charge in [0, 0.05) is 3.57 Å². The Labute approximate surface area is 177 Å². The Balaban J connectivity index is 1.88. The fourth-order valence-corrected chi connectivity index (χ4v) is 3.30. The molecule has 144 valence electrons. The smallest absolute Gasteiger partial charge is 0.277 e. The monoisotopic (exact) mass is 528 g/mol. The molecular formula is C17H13Cl2F2IN2O3. The lowest BCUT2D eigenvalue weighted by molar-refractivity contribution is -0.0230. The Kier molecular flexibility index (Phi) is 6.11. The van der Waals surface area contributed by atoms with Crippen LogP contribution in [0.15, 0.2) is 24.3 Å². The highest BCUT2D eigenvalue weighted by atomic mass is 127. The van der Waals surface area contributed by atoms with Gasteiger partial charge in [0.15, 0.2) is 11.6 Å². The molecule has 3 N–H and O–H groups in total. The minimum atomic E-state index is -1.33. The molecule has 0 bridgehead atoms. The number of aliphatic hydroxyl groups is 1. The lowest BCUT2D eigenvalue weighted by atomic mass is 10.1. The number of hydroxylamine groups is 1. The lowest BCUT2D eigenvalue weighted by Gasteiger charge is -2.16. The zero-order chi connectivity index (χ0) is 19.8. The molecule has 1 fully saturated rings. The quantitative estimate of drug-likeness (QED) is 0.286. The summed E-state index contributed by atoms with van der Waals surface area (Å²) < 4.78 is 29.3. The van der Waals surface area contributed by atoms with Gasteiger partial charge in [-0.3, -0.25) is 9.63 Å². The molecule has 0 aliphatic heterocycles. The lowest BCUT2D eigenvalue weighted by Crippen LogP contribution is -2.30. The normalized spacial score (nSPS) is 14.7. The van der Waals surface area contributed by atoms with Gasteiger partial charge in [0.1, 0.15) is 6.61 Å². The fourth-order valence-electron chi connectivity index (χ4n) is 2.20. The van der Waals surface area contributed by atoms with Gasteiger partial charge < -0.3 is 10.4 Å². The van der Waals surface area contributed by atoms with E-state index < -0.39 is 33.9 Å². The van der Waals surface area contributed by atoms with Crippen molar-refractivity contribution in [3.8, 4) is 0 Å². The van der Waals surface area contributed by atoms with Crippen molar-refractivity contribution in [2.75, 3.05) is 11.9 Å². The van der Waals surface area contributed by atoms with E-state index in [-0.39, 0.29) is 22.9 Å². The second-order valence-electron chi connectivity index (χ2n) is 6.10. The van der Waals surface area contributed by atoms with E-state index in [2.05, 4.69) is 10.8 Å². The summed E-state index contributed by atoms with van der Waals surface area (Å²) in [7, 11) is 0. The van der Waals surface area contributed by atoms with E-state index in [1.165, 1.54) is 0 Å². The number of amides is 1. The van der Waals surface area contributed by atoms with Crippen LogP contribution >= 0.6 is 45.8 Å². The summed E-state index contributed by atoms with van der Waals surface area (Å²) in [6.07, 6.45) is 1.13. The van der Waals surface area contributed by atoms with Gasteiger partial charge in [0.05, 0.1) is 32.6 Å². The third-order valence-electron chi connectivity index (χ3n) is 3.93. The molecule has 0 radical (unpaired) electrons. The van der Waals surface area contributed by atoms with Crippen LogP contribution in [0.3, 0.4) is 0 Å². The second kappa shape index (κ2) is 8.04. The van der Waals surface area contributed by atoms with Gasteiger partial charge >= 0.3 is 0 Å². The van der Waals surface area contributed by atoms with Crippen molar-refractivity contribution in [2.45, 2.75) is 18.4 Å². The number of anilines is 2. The van der Waals surface area contributed by atoms with E-state index in [1.54, 1.807) is 18.2 Å². The van der Waals surface area contributed by atoms with Crippen molar-refractivity contribution in [3.05, 3.63) is 55.1 Å². The molecule has 0 spiro atoms. The Morgan fingerprint density at radius 1 is 1.22 bits per heavy atom. The van der Waals surface area contributed by atoms with Crippen LogP contribution < -0.4 is 10.8 Å². The first-order valence-electron chi connectivity index (χ1n) is 7.74. The van der Waals surface area contributed by atoms with Crippen LogP contribution in [0.4, 0.5) is 20.2 Å². The van der Waals surface area contributed by atoms with Crippen LogP contribution in [0, 0.1) is 15.2 Å². The van der Waals surface area contributed by atoms with Crippen molar-refractivity contribution < 1.29 is 23.5 Å². The summed E-state index contributed by atoms with van der Waals surface area (Å²) >= 11 is 13.8. The summed E-state index contributed by atoms with van der Waals surface area (Å²) in [6.45, 7) is -0.109. The number of rotatable bonds is 6. The molecule has 1 aliphatic carbocycles. The highest BCUT2D eigenvalue weighted by molar-refractivity contribution is 14.1. The van der Waals surface area contributed by atoms with Crippen LogP contribution in [0.5, 0.6) is 0 Å². The summed E-state index contributed by atoms with van der Waals surface area (Å²) in [5, 5.41) is 12.0. The minimum absolute atomic E-state index is 0.109. The Morgan fingerprint density at radius 2 is 1.93 bits per heavy atom. The van der Waals surface area contributed by atoms with E-state index in [4.69, 9.17) is 28.0 Å². The van der Waals surface area contributed by atoms with Gasteiger partial charge in [0.25, 0.3) is 5.91 Å². The SMILES string of the molecule is O=C(NOCC1(O)CC1)c1cc(Cl)c(F)c(F)c1Nc1ccc(I)cc1Cl. The molecule has 3 rings (SSSR count). The number of nitrogens with one attached hydrogen (secondary N) is 2. The standard InChI is InChI=1S/C17H13Cl2F2IN2O3/c18-10-5-8(22)1-2-12(10)23-15-9(6-11(19)13(20)14(15)21)16(25)24-27-7-17(26)3-4-17/h1-2,5-6,23,26H,3-4,7H2,(H,24,25). The van der Waals surface area contributed by atoms with Gasteiger partial charge in [-0.2, -0.15) is 0 Å². The zero-order valence-corrected chi connectivity index (χ0v) is 17.3. The molecule has 1 amide bonds. The van der Waals surface area contributed by atoms with Gasteiger partial charge in [0.2, 0.25) is 0 Å². The number of halogens is 5. The molecule has 5 nitrogen and oxygen atoms in total. The molecule has 2 aromatic rings. The number of hydrogen-bond acceptors (Lipinski definition) is 4. The summed E-state index contributed by atoms with van der Waals surface area (Å²) in [5.41, 5.74) is 0.707. The molecule has 0 heterocycles. The number of benzene rings is 2. The van der Waals surface area contributed by atoms with Gasteiger partial charge in [-0.15, -0.1) is 0 Å². The maximum Gasteiger partial charge on any atom is 0.277 e. The Bertz CT molecular complexity index is 910. The predicted octanol–water partition coefficient (Wildman–Crippen LogP) is 4.81. The molecule has 27 heavy (non-hydrogen) atoms. The topological polar surface area (TPSA) is 70.6 Å². The van der Waals surface area contributed by atoms with Gasteiger partial charge in [-0.25, -0.2) is 14.3 Å². The molecule has 0 aromatic heterocycles. The maximum atomic E-state index is 14.5. The van der Waals surface area contributed by atoms with E-state index in [0.29, 0.717) is 12.8 Å². The van der Waals surface area contributed by atoms with Crippen LogP contribution in [0.25, 0.3) is 0 Å². The first-order chi connectivity index (χ1) is 12.7. The number of hydrogen-bond donors (Lipinski definition) is 3.